The highest BCUT2D eigenvalue weighted by atomic mass is 35.5. The minimum atomic E-state index is -0.944. The zero-order chi connectivity index (χ0) is 21.3. The lowest BCUT2D eigenvalue weighted by atomic mass is 10.0. The molecule has 3 heterocycles. The molecule has 0 saturated carbocycles. The summed E-state index contributed by atoms with van der Waals surface area (Å²) in [7, 11) is 1.69. The van der Waals surface area contributed by atoms with Gasteiger partial charge < -0.3 is 10.2 Å². The summed E-state index contributed by atoms with van der Waals surface area (Å²) in [4.78, 5) is 19.7. The minimum absolute atomic E-state index is 0.159. The van der Waals surface area contributed by atoms with Crippen molar-refractivity contribution in [3.8, 4) is 0 Å². The molecular formula is C19H16ClF2N7O. The molecule has 0 fully saturated rings. The van der Waals surface area contributed by atoms with Crippen molar-refractivity contribution in [1.29, 1.82) is 0 Å². The number of pyridine rings is 1. The summed E-state index contributed by atoms with van der Waals surface area (Å²) in [5.41, 5.74) is 0.943. The van der Waals surface area contributed by atoms with Gasteiger partial charge in [-0.2, -0.15) is 4.80 Å². The molecule has 0 radical (unpaired) electrons. The molecule has 8 nitrogen and oxygen atoms in total. The first-order valence-corrected chi connectivity index (χ1v) is 9.38. The fourth-order valence-electron chi connectivity index (χ4n) is 3.10. The lowest BCUT2D eigenvalue weighted by molar-refractivity contribution is 0.101. The normalized spacial score (nSPS) is 14.2. The van der Waals surface area contributed by atoms with Crippen molar-refractivity contribution < 1.29 is 13.6 Å². The van der Waals surface area contributed by atoms with E-state index in [1.807, 2.05) is 4.90 Å². The maximum atomic E-state index is 13.8. The third kappa shape index (κ3) is 3.99. The van der Waals surface area contributed by atoms with Crippen LogP contribution in [0.2, 0.25) is 0 Å². The molecular weight excluding hydrogens is 416 g/mol. The van der Waals surface area contributed by atoms with E-state index in [-0.39, 0.29) is 5.82 Å². The van der Waals surface area contributed by atoms with Gasteiger partial charge in [0.1, 0.15) is 23.0 Å². The third-order valence-corrected chi connectivity index (χ3v) is 5.02. The number of hydrogen-bond donors (Lipinski definition) is 1. The third-order valence-electron chi connectivity index (χ3n) is 4.60. The first-order valence-electron chi connectivity index (χ1n) is 9.00. The van der Waals surface area contributed by atoms with Gasteiger partial charge in [-0.05, 0) is 40.6 Å². The zero-order valence-electron chi connectivity index (χ0n) is 15.8. The van der Waals surface area contributed by atoms with E-state index in [1.165, 1.54) is 10.9 Å². The van der Waals surface area contributed by atoms with Crippen LogP contribution in [0.5, 0.6) is 0 Å². The van der Waals surface area contributed by atoms with Crippen LogP contribution in [0.4, 0.5) is 20.5 Å². The van der Waals surface area contributed by atoms with Crippen molar-refractivity contribution in [2.45, 2.75) is 6.42 Å². The van der Waals surface area contributed by atoms with Gasteiger partial charge in [-0.3, -0.25) is 4.79 Å². The molecule has 11 heteroatoms. The van der Waals surface area contributed by atoms with Gasteiger partial charge in [-0.15, -0.1) is 5.10 Å². The van der Waals surface area contributed by atoms with Crippen LogP contribution < -0.4 is 10.2 Å². The maximum Gasteiger partial charge on any atom is 0.266 e. The van der Waals surface area contributed by atoms with Gasteiger partial charge in [-0.1, -0.05) is 22.8 Å². The Kier molecular flexibility index (Phi) is 5.40. The van der Waals surface area contributed by atoms with Gasteiger partial charge in [-0.25, -0.2) is 13.8 Å². The summed E-state index contributed by atoms with van der Waals surface area (Å²) in [6, 6.07) is 6.50. The summed E-state index contributed by atoms with van der Waals surface area (Å²) in [5.74, 6) is -2.14. The highest BCUT2D eigenvalue weighted by Crippen LogP contribution is 2.30. The quantitative estimate of drug-likeness (QED) is 0.683. The van der Waals surface area contributed by atoms with E-state index in [2.05, 4.69) is 25.7 Å². The number of halogens is 3. The molecule has 0 unspecified atom stereocenters. The lowest BCUT2D eigenvalue weighted by Crippen LogP contribution is -2.31. The average molecular weight is 432 g/mol. The van der Waals surface area contributed by atoms with Crippen molar-refractivity contribution in [2.24, 2.45) is 7.05 Å². The van der Waals surface area contributed by atoms with Gasteiger partial charge in [0.25, 0.3) is 11.9 Å². The number of tetrazole rings is 1. The van der Waals surface area contributed by atoms with Crippen LogP contribution in [0.3, 0.4) is 0 Å². The summed E-state index contributed by atoms with van der Waals surface area (Å²) in [5, 5.41) is 15.2. The van der Waals surface area contributed by atoms with Crippen molar-refractivity contribution in [3.63, 3.8) is 0 Å². The molecule has 1 amide bonds. The highest BCUT2D eigenvalue weighted by Gasteiger charge is 2.23. The van der Waals surface area contributed by atoms with E-state index in [1.54, 1.807) is 25.4 Å². The first-order chi connectivity index (χ1) is 14.4. The van der Waals surface area contributed by atoms with Crippen LogP contribution >= 0.6 is 11.6 Å². The van der Waals surface area contributed by atoms with E-state index >= 15 is 0 Å². The molecule has 1 aliphatic heterocycles. The molecule has 2 aromatic heterocycles. The van der Waals surface area contributed by atoms with Gasteiger partial charge in [0, 0.05) is 30.7 Å². The highest BCUT2D eigenvalue weighted by molar-refractivity contribution is 6.33. The molecule has 0 bridgehead atoms. The van der Waals surface area contributed by atoms with Crippen LogP contribution in [0.15, 0.2) is 41.6 Å². The summed E-state index contributed by atoms with van der Waals surface area (Å²) in [6.45, 7) is 1.13. The second kappa shape index (κ2) is 8.15. The van der Waals surface area contributed by atoms with Crippen LogP contribution in [-0.2, 0) is 7.05 Å². The molecule has 3 aromatic rings. The number of amides is 1. The van der Waals surface area contributed by atoms with Gasteiger partial charge in [0.15, 0.2) is 0 Å². The van der Waals surface area contributed by atoms with Gasteiger partial charge in [0.05, 0.1) is 7.05 Å². The summed E-state index contributed by atoms with van der Waals surface area (Å²) >= 11 is 6.42. The van der Waals surface area contributed by atoms with Crippen LogP contribution in [0.25, 0.3) is 5.57 Å². The summed E-state index contributed by atoms with van der Waals surface area (Å²) < 4.78 is 27.5. The van der Waals surface area contributed by atoms with E-state index < -0.39 is 23.1 Å². The SMILES string of the molecule is Cn1nnc(N2CCC(Cl)=C(c3ccc(NC(=O)c4c(F)cccc4F)nc3)C2)n1. The Balaban J connectivity index is 1.51. The smallest absolute Gasteiger partial charge is 0.266 e. The Morgan fingerprint density at radius 2 is 1.97 bits per heavy atom. The van der Waals surface area contributed by atoms with E-state index in [9.17, 15) is 13.6 Å². The Labute approximate surface area is 175 Å². The Hall–Kier alpha value is -3.40. The van der Waals surface area contributed by atoms with Gasteiger partial charge in [0.2, 0.25) is 0 Å². The molecule has 0 atom stereocenters. The molecule has 30 heavy (non-hydrogen) atoms. The topological polar surface area (TPSA) is 88.8 Å². The molecule has 1 N–H and O–H groups in total. The number of benzene rings is 1. The Morgan fingerprint density at radius 3 is 2.60 bits per heavy atom. The zero-order valence-corrected chi connectivity index (χ0v) is 16.6. The lowest BCUT2D eigenvalue weighted by Gasteiger charge is -2.27. The number of aromatic nitrogens is 5. The second-order valence-corrected chi connectivity index (χ2v) is 7.07. The number of anilines is 2. The molecule has 0 saturated heterocycles. The molecule has 1 aromatic carbocycles. The van der Waals surface area contributed by atoms with Crippen LogP contribution in [0, 0.1) is 11.6 Å². The summed E-state index contributed by atoms with van der Waals surface area (Å²) in [6.07, 6.45) is 2.15. The predicted octanol–water partition coefficient (Wildman–Crippen LogP) is 3.00. The second-order valence-electron chi connectivity index (χ2n) is 6.62. The molecule has 0 aliphatic carbocycles. The van der Waals surface area contributed by atoms with E-state index in [0.29, 0.717) is 30.5 Å². The first kappa shape index (κ1) is 19.9. The largest absolute Gasteiger partial charge is 0.333 e. The number of aryl methyl sites for hydroxylation is 1. The number of hydrogen-bond acceptors (Lipinski definition) is 6. The molecule has 154 valence electrons. The number of carbonyl (C=O) groups excluding carboxylic acids is 1. The number of carbonyl (C=O) groups is 1. The Bertz CT molecular complexity index is 1110. The monoisotopic (exact) mass is 431 g/mol. The maximum absolute atomic E-state index is 13.8. The number of nitrogens with one attached hydrogen (secondary N) is 1. The Morgan fingerprint density at radius 1 is 1.20 bits per heavy atom. The average Bonchev–Trinajstić information content (AvgIpc) is 3.15. The fourth-order valence-corrected chi connectivity index (χ4v) is 3.35. The molecule has 0 spiro atoms. The molecule has 4 rings (SSSR count). The van der Waals surface area contributed by atoms with E-state index in [0.717, 1.165) is 23.3 Å². The minimum Gasteiger partial charge on any atom is -0.333 e. The van der Waals surface area contributed by atoms with Crippen molar-refractivity contribution in [3.05, 3.63) is 64.3 Å². The van der Waals surface area contributed by atoms with Crippen molar-refractivity contribution in [2.75, 3.05) is 23.3 Å². The standard InChI is InChI=1S/C19H16ClF2N7O/c1-28-26-19(25-27-28)29-8-7-13(20)12(10-29)11-5-6-16(23-9-11)24-18(30)17-14(21)3-2-4-15(17)22/h2-6,9H,7-8,10H2,1H3,(H,23,24,30). The number of nitrogens with zero attached hydrogens (tertiary/aromatic N) is 6. The van der Waals surface area contributed by atoms with Crippen LogP contribution in [0.1, 0.15) is 22.3 Å². The van der Waals surface area contributed by atoms with Crippen molar-refractivity contribution >= 4 is 34.8 Å². The predicted molar refractivity (Wildman–Crippen MR) is 107 cm³/mol. The van der Waals surface area contributed by atoms with Crippen molar-refractivity contribution in [1.82, 2.24) is 25.2 Å². The molecule has 1 aliphatic rings. The van der Waals surface area contributed by atoms with Crippen LogP contribution in [-0.4, -0.2) is 44.2 Å². The fraction of sp³-hybridized carbons (Fsp3) is 0.211. The van der Waals surface area contributed by atoms with E-state index in [4.69, 9.17) is 11.6 Å². The number of rotatable bonds is 4. The van der Waals surface area contributed by atoms with Gasteiger partial charge >= 0.3 is 0 Å².